The van der Waals surface area contributed by atoms with E-state index in [0.29, 0.717) is 5.70 Å². The number of hydrogen-bond donors (Lipinski definition) is 2. The van der Waals surface area contributed by atoms with Gasteiger partial charge < -0.3 is 5.73 Å². The van der Waals surface area contributed by atoms with Gasteiger partial charge in [0.15, 0.2) is 0 Å². The fraction of sp³-hybridized carbons (Fsp3) is 0. The predicted octanol–water partition coefficient (Wildman–Crippen LogP) is 1.88. The quantitative estimate of drug-likeness (QED) is 0.768. The van der Waals surface area contributed by atoms with Gasteiger partial charge in [-0.3, -0.25) is 10.4 Å². The minimum Gasteiger partial charge on any atom is -0.397 e. The van der Waals surface area contributed by atoms with E-state index in [4.69, 9.17) is 16.4 Å². The first-order chi connectivity index (χ1) is 7.72. The first-order valence-corrected chi connectivity index (χ1v) is 5.32. The largest absolute Gasteiger partial charge is 0.397 e. The van der Waals surface area contributed by atoms with Crippen molar-refractivity contribution in [1.82, 2.24) is 4.98 Å². The smallest absolute Gasteiger partial charge is 0.112 e. The molecule has 0 atom stereocenters. The molecule has 0 radical (unpaired) electrons. The molecule has 2 rings (SSSR count). The number of nitrogens with one attached hydrogen (secondary N) is 1. The van der Waals surface area contributed by atoms with E-state index < -0.39 is 0 Å². The highest BCUT2D eigenvalue weighted by atomic mass is 32.2. The van der Waals surface area contributed by atoms with Crippen LogP contribution in [0.4, 0.5) is 0 Å². The number of nitriles is 1. The van der Waals surface area contributed by atoms with Gasteiger partial charge in [-0.1, -0.05) is 11.8 Å². The Morgan fingerprint density at radius 1 is 1.44 bits per heavy atom. The number of aromatic nitrogens is 1. The molecule has 1 aromatic rings. The summed E-state index contributed by atoms with van der Waals surface area (Å²) in [5.41, 5.74) is 7.37. The lowest BCUT2D eigenvalue weighted by Gasteiger charge is -1.97. The van der Waals surface area contributed by atoms with E-state index in [1.807, 2.05) is 24.3 Å². The Morgan fingerprint density at radius 3 is 2.69 bits per heavy atom. The lowest BCUT2D eigenvalue weighted by Crippen LogP contribution is -1.98. The Labute approximate surface area is 97.0 Å². The third kappa shape index (κ3) is 1.83. The summed E-state index contributed by atoms with van der Waals surface area (Å²) < 4.78 is 0. The predicted molar refractivity (Wildman–Crippen MR) is 64.4 cm³/mol. The van der Waals surface area contributed by atoms with Crippen LogP contribution in [0.15, 0.2) is 40.7 Å². The van der Waals surface area contributed by atoms with E-state index in [9.17, 15) is 0 Å². The van der Waals surface area contributed by atoms with Crippen LogP contribution < -0.4 is 5.73 Å². The van der Waals surface area contributed by atoms with Gasteiger partial charge in [0.2, 0.25) is 0 Å². The monoisotopic (exact) mass is 228 g/mol. The van der Waals surface area contributed by atoms with E-state index >= 15 is 0 Å². The molecule has 1 aliphatic heterocycles. The molecule has 3 N–H and O–H groups in total. The Balaban J connectivity index is 2.40. The second kappa shape index (κ2) is 4.21. The van der Waals surface area contributed by atoms with Gasteiger partial charge in [-0.15, -0.1) is 0 Å². The van der Waals surface area contributed by atoms with Crippen LogP contribution in [0.1, 0.15) is 5.56 Å². The molecule has 1 aromatic heterocycles. The van der Waals surface area contributed by atoms with Gasteiger partial charge >= 0.3 is 0 Å². The van der Waals surface area contributed by atoms with Crippen LogP contribution in [0.3, 0.4) is 0 Å². The molecule has 1 aliphatic rings. The maximum absolute atomic E-state index is 8.81. The number of rotatable bonds is 1. The Morgan fingerprint density at radius 2 is 2.12 bits per heavy atom. The standard InChI is InChI=1S/C11H8N4S/c12-6-8-10(13)9(16-11(8)14)5-7-1-3-15-4-2-7/h1-5,14H,13H2/b9-5-,14-11?. The molecule has 0 bridgehead atoms. The second-order valence-electron chi connectivity index (χ2n) is 3.12. The summed E-state index contributed by atoms with van der Waals surface area (Å²) in [6.07, 6.45) is 5.21. The van der Waals surface area contributed by atoms with Crippen LogP contribution in [-0.2, 0) is 0 Å². The topological polar surface area (TPSA) is 86.6 Å². The molecule has 0 fully saturated rings. The number of nitrogens with zero attached hydrogens (tertiary/aromatic N) is 2. The van der Waals surface area contributed by atoms with Gasteiger partial charge in [-0.25, -0.2) is 0 Å². The number of nitrogens with two attached hydrogens (primary N) is 1. The van der Waals surface area contributed by atoms with E-state index in [2.05, 4.69) is 4.98 Å². The van der Waals surface area contributed by atoms with Gasteiger partial charge in [-0.2, -0.15) is 5.26 Å². The van der Waals surface area contributed by atoms with Crippen molar-refractivity contribution < 1.29 is 0 Å². The van der Waals surface area contributed by atoms with Crippen molar-refractivity contribution in [2.45, 2.75) is 0 Å². The zero-order valence-electron chi connectivity index (χ0n) is 8.27. The Hall–Kier alpha value is -2.06. The number of thioether (sulfide) groups is 1. The molecule has 0 saturated heterocycles. The highest BCUT2D eigenvalue weighted by molar-refractivity contribution is 8.18. The van der Waals surface area contributed by atoms with E-state index in [0.717, 1.165) is 10.5 Å². The summed E-state index contributed by atoms with van der Waals surface area (Å²) in [7, 11) is 0. The van der Waals surface area contributed by atoms with Gasteiger partial charge in [0.1, 0.15) is 16.7 Å². The molecule has 0 unspecified atom stereocenters. The van der Waals surface area contributed by atoms with Crippen LogP contribution in [0, 0.1) is 16.7 Å². The highest BCUT2D eigenvalue weighted by Crippen LogP contribution is 2.35. The number of pyridine rings is 1. The molecule has 0 aromatic carbocycles. The van der Waals surface area contributed by atoms with Crippen molar-refractivity contribution in [2.24, 2.45) is 5.73 Å². The third-order valence-electron chi connectivity index (χ3n) is 2.09. The summed E-state index contributed by atoms with van der Waals surface area (Å²) in [6, 6.07) is 5.62. The molecular weight excluding hydrogens is 220 g/mol. The van der Waals surface area contributed by atoms with Crippen LogP contribution in [0.25, 0.3) is 6.08 Å². The molecule has 2 heterocycles. The third-order valence-corrected chi connectivity index (χ3v) is 3.06. The van der Waals surface area contributed by atoms with E-state index in [-0.39, 0.29) is 10.6 Å². The van der Waals surface area contributed by atoms with Crippen molar-refractivity contribution in [2.75, 3.05) is 0 Å². The van der Waals surface area contributed by atoms with Crippen LogP contribution in [-0.4, -0.2) is 10.0 Å². The molecule has 4 nitrogen and oxygen atoms in total. The fourth-order valence-corrected chi connectivity index (χ4v) is 2.18. The minimum atomic E-state index is 0.209. The lowest BCUT2D eigenvalue weighted by molar-refractivity contribution is 1.32. The summed E-state index contributed by atoms with van der Waals surface area (Å²) in [5.74, 6) is 0. The Bertz CT molecular complexity index is 537. The van der Waals surface area contributed by atoms with Gasteiger partial charge in [0.25, 0.3) is 0 Å². The SMILES string of the molecule is N#CC1=C(N)/C(=C/c2ccncc2)SC1=N. The highest BCUT2D eigenvalue weighted by Gasteiger charge is 2.23. The summed E-state index contributed by atoms with van der Waals surface area (Å²) in [5, 5.41) is 16.6. The Kier molecular flexibility index (Phi) is 2.75. The normalized spacial score (nSPS) is 17.9. The summed E-state index contributed by atoms with van der Waals surface area (Å²) in [6.45, 7) is 0. The van der Waals surface area contributed by atoms with Gasteiger partial charge in [0.05, 0.1) is 5.70 Å². The molecular formula is C11H8N4S. The van der Waals surface area contributed by atoms with Crippen molar-refractivity contribution in [3.05, 3.63) is 46.3 Å². The molecule has 0 spiro atoms. The zero-order valence-corrected chi connectivity index (χ0v) is 9.08. The molecule has 0 aliphatic carbocycles. The first kappa shape index (κ1) is 10.5. The first-order valence-electron chi connectivity index (χ1n) is 4.51. The fourth-order valence-electron chi connectivity index (χ4n) is 1.29. The second-order valence-corrected chi connectivity index (χ2v) is 4.17. The van der Waals surface area contributed by atoms with Crippen molar-refractivity contribution in [3.63, 3.8) is 0 Å². The van der Waals surface area contributed by atoms with Crippen LogP contribution in [0.2, 0.25) is 0 Å². The van der Waals surface area contributed by atoms with Gasteiger partial charge in [-0.05, 0) is 23.8 Å². The van der Waals surface area contributed by atoms with Crippen LogP contribution >= 0.6 is 11.8 Å². The van der Waals surface area contributed by atoms with Crippen molar-refractivity contribution >= 4 is 22.9 Å². The average Bonchev–Trinajstić information content (AvgIpc) is 2.55. The molecule has 78 valence electrons. The van der Waals surface area contributed by atoms with Crippen molar-refractivity contribution in [1.29, 1.82) is 10.7 Å². The van der Waals surface area contributed by atoms with Gasteiger partial charge in [0, 0.05) is 17.3 Å². The maximum atomic E-state index is 8.81. The average molecular weight is 228 g/mol. The molecule has 5 heteroatoms. The molecule has 0 saturated carbocycles. The van der Waals surface area contributed by atoms with E-state index in [1.54, 1.807) is 12.4 Å². The van der Waals surface area contributed by atoms with E-state index in [1.165, 1.54) is 11.8 Å². The van der Waals surface area contributed by atoms with Crippen molar-refractivity contribution in [3.8, 4) is 6.07 Å². The minimum absolute atomic E-state index is 0.209. The van der Waals surface area contributed by atoms with Crippen LogP contribution in [0.5, 0.6) is 0 Å². The summed E-state index contributed by atoms with van der Waals surface area (Å²) in [4.78, 5) is 4.65. The summed E-state index contributed by atoms with van der Waals surface area (Å²) >= 11 is 1.20. The zero-order chi connectivity index (χ0) is 11.5. The lowest BCUT2D eigenvalue weighted by atomic mass is 10.2. The molecule has 0 amide bonds. The molecule has 16 heavy (non-hydrogen) atoms. The maximum Gasteiger partial charge on any atom is 0.112 e. The number of hydrogen-bond acceptors (Lipinski definition) is 5.